The number of hydrogen-bond acceptors (Lipinski definition) is 7. The van der Waals surface area contributed by atoms with Crippen molar-refractivity contribution in [2.24, 2.45) is 0 Å². The fourth-order valence-corrected chi connectivity index (χ4v) is 4.57. The van der Waals surface area contributed by atoms with Crippen molar-refractivity contribution in [2.45, 2.75) is 6.42 Å². The maximum Gasteiger partial charge on any atom is 0.231 e. The zero-order chi connectivity index (χ0) is 20.5. The highest BCUT2D eigenvalue weighted by atomic mass is 32.1. The van der Waals surface area contributed by atoms with Crippen LogP contribution in [0.15, 0.2) is 53.4 Å². The van der Waals surface area contributed by atoms with Gasteiger partial charge in [0.15, 0.2) is 11.5 Å². The molecular formula is C21H14FN3O3S2. The Morgan fingerprint density at radius 2 is 1.87 bits per heavy atom. The molecule has 9 heteroatoms. The smallest absolute Gasteiger partial charge is 0.231 e. The minimum Gasteiger partial charge on any atom is -0.454 e. The molecule has 0 spiro atoms. The Morgan fingerprint density at radius 3 is 2.73 bits per heavy atom. The molecule has 0 unspecified atom stereocenters. The number of thiazole rings is 2. The van der Waals surface area contributed by atoms with Crippen LogP contribution >= 0.6 is 22.7 Å². The molecule has 0 saturated carbocycles. The van der Waals surface area contributed by atoms with Crippen LogP contribution < -0.4 is 14.8 Å². The van der Waals surface area contributed by atoms with Gasteiger partial charge in [-0.2, -0.15) is 0 Å². The molecule has 0 saturated heterocycles. The van der Waals surface area contributed by atoms with Crippen molar-refractivity contribution in [3.8, 4) is 33.3 Å². The van der Waals surface area contributed by atoms with E-state index in [1.807, 2.05) is 23.6 Å². The Labute approximate surface area is 179 Å². The predicted molar refractivity (Wildman–Crippen MR) is 114 cm³/mol. The van der Waals surface area contributed by atoms with Crippen molar-refractivity contribution in [1.82, 2.24) is 9.97 Å². The number of carbonyl (C=O) groups is 1. The molecule has 150 valence electrons. The molecule has 0 bridgehead atoms. The lowest BCUT2D eigenvalue weighted by Crippen LogP contribution is -2.14. The largest absolute Gasteiger partial charge is 0.454 e. The van der Waals surface area contributed by atoms with E-state index in [9.17, 15) is 9.18 Å². The van der Waals surface area contributed by atoms with Gasteiger partial charge in [-0.25, -0.2) is 14.4 Å². The van der Waals surface area contributed by atoms with Gasteiger partial charge in [-0.1, -0.05) is 0 Å². The van der Waals surface area contributed by atoms with Crippen molar-refractivity contribution >= 4 is 33.6 Å². The van der Waals surface area contributed by atoms with Crippen LogP contribution in [0, 0.1) is 5.82 Å². The summed E-state index contributed by atoms with van der Waals surface area (Å²) in [6.45, 7) is 0.222. The van der Waals surface area contributed by atoms with Crippen molar-refractivity contribution in [2.75, 3.05) is 12.1 Å². The first-order chi connectivity index (χ1) is 14.7. The normalized spacial score (nSPS) is 12.2. The molecule has 6 nitrogen and oxygen atoms in total. The first kappa shape index (κ1) is 18.7. The van der Waals surface area contributed by atoms with Gasteiger partial charge in [-0.3, -0.25) is 4.79 Å². The molecule has 5 rings (SSSR count). The monoisotopic (exact) mass is 439 g/mol. The predicted octanol–water partition coefficient (Wildman–Crippen LogP) is 4.98. The van der Waals surface area contributed by atoms with Crippen LogP contribution in [0.5, 0.6) is 11.5 Å². The molecular weight excluding hydrogens is 425 g/mol. The Hall–Kier alpha value is -3.30. The molecule has 0 radical (unpaired) electrons. The van der Waals surface area contributed by atoms with Crippen LogP contribution in [0.4, 0.5) is 9.39 Å². The first-order valence-corrected chi connectivity index (χ1v) is 10.8. The van der Waals surface area contributed by atoms with Gasteiger partial charge in [-0.15, -0.1) is 22.7 Å². The summed E-state index contributed by atoms with van der Waals surface area (Å²) in [6, 6.07) is 11.7. The summed E-state index contributed by atoms with van der Waals surface area (Å²) in [5.41, 5.74) is 4.60. The quantitative estimate of drug-likeness (QED) is 0.475. The van der Waals surface area contributed by atoms with E-state index < -0.39 is 0 Å². The molecule has 30 heavy (non-hydrogen) atoms. The lowest BCUT2D eigenvalue weighted by atomic mass is 10.1. The molecule has 2 aromatic heterocycles. The van der Waals surface area contributed by atoms with Crippen LogP contribution in [0.1, 0.15) is 5.69 Å². The van der Waals surface area contributed by atoms with Crippen LogP contribution in [-0.4, -0.2) is 22.7 Å². The van der Waals surface area contributed by atoms with Gasteiger partial charge in [0.2, 0.25) is 12.7 Å². The highest BCUT2D eigenvalue weighted by Gasteiger charge is 2.17. The molecule has 1 aliphatic heterocycles. The molecule has 0 aliphatic carbocycles. The van der Waals surface area contributed by atoms with Crippen molar-refractivity contribution in [3.63, 3.8) is 0 Å². The summed E-state index contributed by atoms with van der Waals surface area (Å²) >= 11 is 2.79. The van der Waals surface area contributed by atoms with E-state index in [1.54, 1.807) is 17.6 Å². The summed E-state index contributed by atoms with van der Waals surface area (Å²) in [5.74, 6) is 0.906. The molecule has 1 N–H and O–H groups in total. The number of amides is 1. The summed E-state index contributed by atoms with van der Waals surface area (Å²) < 4.78 is 23.9. The topological polar surface area (TPSA) is 73.3 Å². The second-order valence-electron chi connectivity index (χ2n) is 6.47. The summed E-state index contributed by atoms with van der Waals surface area (Å²) in [4.78, 5) is 21.4. The minimum absolute atomic E-state index is 0.141. The van der Waals surface area contributed by atoms with Gasteiger partial charge < -0.3 is 14.8 Å². The van der Waals surface area contributed by atoms with Gasteiger partial charge in [-0.05, 0) is 42.5 Å². The summed E-state index contributed by atoms with van der Waals surface area (Å²) in [6.07, 6.45) is 0.141. The van der Waals surface area contributed by atoms with Crippen LogP contribution in [0.25, 0.3) is 21.8 Å². The van der Waals surface area contributed by atoms with E-state index in [1.165, 1.54) is 34.8 Å². The van der Waals surface area contributed by atoms with E-state index in [4.69, 9.17) is 9.47 Å². The first-order valence-electron chi connectivity index (χ1n) is 8.99. The fraction of sp³-hybridized carbons (Fsp3) is 0.0952. The van der Waals surface area contributed by atoms with E-state index >= 15 is 0 Å². The summed E-state index contributed by atoms with van der Waals surface area (Å²) in [5, 5.41) is 6.18. The maximum absolute atomic E-state index is 13.2. The lowest BCUT2D eigenvalue weighted by Gasteiger charge is -2.05. The average molecular weight is 439 g/mol. The van der Waals surface area contributed by atoms with Crippen molar-refractivity contribution in [1.29, 1.82) is 0 Å². The van der Waals surface area contributed by atoms with Crippen LogP contribution in [-0.2, 0) is 11.2 Å². The minimum atomic E-state index is -0.318. The van der Waals surface area contributed by atoms with Gasteiger partial charge in [0, 0.05) is 16.5 Å². The van der Waals surface area contributed by atoms with Gasteiger partial charge in [0.05, 0.1) is 17.6 Å². The molecule has 3 heterocycles. The third-order valence-electron chi connectivity index (χ3n) is 4.45. The van der Waals surface area contributed by atoms with E-state index in [0.717, 1.165) is 21.9 Å². The second kappa shape index (κ2) is 7.85. The Bertz CT molecular complexity index is 1220. The standard InChI is InChI=1S/C21H14FN3O3S2/c22-14-4-1-12(2-5-14)19-21(30-10-23-19)25-18(26)8-15-9-29-20(24-15)13-3-6-16-17(7-13)28-11-27-16/h1-7,9-10H,8,11H2,(H,25,26). The number of benzene rings is 2. The number of halogens is 1. The molecule has 1 aliphatic rings. The van der Waals surface area contributed by atoms with Gasteiger partial charge in [0.25, 0.3) is 0 Å². The third kappa shape index (κ3) is 3.77. The number of nitrogens with zero attached hydrogens (tertiary/aromatic N) is 2. The zero-order valence-corrected chi connectivity index (χ0v) is 17.1. The van der Waals surface area contributed by atoms with Gasteiger partial charge >= 0.3 is 0 Å². The van der Waals surface area contributed by atoms with Crippen LogP contribution in [0.3, 0.4) is 0 Å². The highest BCUT2D eigenvalue weighted by Crippen LogP contribution is 2.37. The summed E-state index contributed by atoms with van der Waals surface area (Å²) in [7, 11) is 0. The van der Waals surface area contributed by atoms with Crippen molar-refractivity contribution < 1.29 is 18.7 Å². The highest BCUT2D eigenvalue weighted by molar-refractivity contribution is 7.14. The van der Waals surface area contributed by atoms with Crippen LogP contribution in [0.2, 0.25) is 0 Å². The molecule has 2 aromatic carbocycles. The van der Waals surface area contributed by atoms with Gasteiger partial charge in [0.1, 0.15) is 21.5 Å². The molecule has 0 fully saturated rings. The van der Waals surface area contributed by atoms with E-state index in [2.05, 4.69) is 15.3 Å². The number of ether oxygens (including phenoxy) is 2. The average Bonchev–Trinajstić information content (AvgIpc) is 3.48. The maximum atomic E-state index is 13.2. The van der Waals surface area contributed by atoms with E-state index in [0.29, 0.717) is 22.1 Å². The number of nitrogens with one attached hydrogen (secondary N) is 1. The molecule has 1 amide bonds. The number of fused-ring (bicyclic) bond motifs is 1. The molecule has 0 atom stereocenters. The number of aromatic nitrogens is 2. The van der Waals surface area contributed by atoms with Crippen molar-refractivity contribution in [3.05, 3.63) is 64.9 Å². The Kier molecular flexibility index (Phi) is 4.89. The molecule has 4 aromatic rings. The Morgan fingerprint density at radius 1 is 1.07 bits per heavy atom. The SMILES string of the molecule is O=C(Cc1csc(-c2ccc3c(c2)OCO3)n1)Nc1scnc1-c1ccc(F)cc1. The lowest BCUT2D eigenvalue weighted by molar-refractivity contribution is -0.115. The Balaban J connectivity index is 1.28. The number of rotatable bonds is 5. The number of hydrogen-bond donors (Lipinski definition) is 1. The van der Waals surface area contributed by atoms with E-state index in [-0.39, 0.29) is 24.9 Å². The fourth-order valence-electron chi connectivity index (χ4n) is 3.03. The third-order valence-corrected chi connectivity index (χ3v) is 6.13. The zero-order valence-electron chi connectivity index (χ0n) is 15.4. The number of anilines is 1. The number of carbonyl (C=O) groups excluding carboxylic acids is 1. The second-order valence-corrected chi connectivity index (χ2v) is 8.19.